The van der Waals surface area contributed by atoms with Crippen LogP contribution < -0.4 is 0 Å². The molecule has 0 aromatic carbocycles. The number of aromatic nitrogens is 1. The number of hydrogen-bond acceptors (Lipinski definition) is 2. The van der Waals surface area contributed by atoms with Crippen LogP contribution in [0.15, 0.2) is 12.4 Å². The molecule has 1 saturated heterocycles. The number of carboxylic acids is 1. The second-order valence-corrected chi connectivity index (χ2v) is 5.13. The quantitative estimate of drug-likeness (QED) is 0.875. The maximum absolute atomic E-state index is 12.5. The van der Waals surface area contributed by atoms with E-state index in [1.165, 1.54) is 0 Å². The number of nitrogens with one attached hydrogen (secondary N) is 1. The summed E-state index contributed by atoms with van der Waals surface area (Å²) in [6.45, 7) is 2.63. The van der Waals surface area contributed by atoms with Crippen molar-refractivity contribution in [3.05, 3.63) is 23.5 Å². The highest BCUT2D eigenvalue weighted by Crippen LogP contribution is 2.23. The lowest BCUT2D eigenvalue weighted by Crippen LogP contribution is -2.44. The highest BCUT2D eigenvalue weighted by atomic mass is 16.4. The van der Waals surface area contributed by atoms with Gasteiger partial charge in [-0.1, -0.05) is 0 Å². The molecule has 1 aliphatic rings. The van der Waals surface area contributed by atoms with Crippen molar-refractivity contribution in [1.29, 1.82) is 0 Å². The van der Waals surface area contributed by atoms with E-state index in [2.05, 4.69) is 4.98 Å². The summed E-state index contributed by atoms with van der Waals surface area (Å²) >= 11 is 0. The first-order chi connectivity index (χ1) is 9.09. The summed E-state index contributed by atoms with van der Waals surface area (Å²) < 4.78 is 0. The molecule has 19 heavy (non-hydrogen) atoms. The molecule has 2 heterocycles. The van der Waals surface area contributed by atoms with Gasteiger partial charge in [0.05, 0.1) is 5.56 Å². The third-order valence-corrected chi connectivity index (χ3v) is 3.76. The number of likely N-dealkylation sites (tertiary alicyclic amines) is 1. The van der Waals surface area contributed by atoms with Crippen molar-refractivity contribution in [1.82, 2.24) is 9.88 Å². The van der Waals surface area contributed by atoms with E-state index in [0.717, 1.165) is 31.4 Å². The SMILES string of the molecule is Cc1c[nH]cc1C(=O)N1CCCCC1CCC(=O)O. The molecule has 5 heteroatoms. The standard InChI is InChI=1S/C14H20N2O3/c1-10-8-15-9-12(10)14(19)16-7-3-2-4-11(16)5-6-13(17)18/h8-9,11,15H,2-7H2,1H3,(H,17,18). The molecule has 1 atom stereocenters. The minimum Gasteiger partial charge on any atom is -0.481 e. The smallest absolute Gasteiger partial charge is 0.303 e. The molecule has 104 valence electrons. The Balaban J connectivity index is 2.08. The van der Waals surface area contributed by atoms with E-state index >= 15 is 0 Å². The molecule has 0 spiro atoms. The Morgan fingerprint density at radius 3 is 2.84 bits per heavy atom. The number of nitrogens with zero attached hydrogens (tertiary/aromatic N) is 1. The van der Waals surface area contributed by atoms with Crippen molar-refractivity contribution in [2.24, 2.45) is 0 Å². The molecular formula is C14H20N2O3. The molecule has 1 aliphatic heterocycles. The Labute approximate surface area is 112 Å². The fraction of sp³-hybridized carbons (Fsp3) is 0.571. The van der Waals surface area contributed by atoms with Gasteiger partial charge in [-0.2, -0.15) is 0 Å². The van der Waals surface area contributed by atoms with Crippen LogP contribution in [-0.2, 0) is 4.79 Å². The van der Waals surface area contributed by atoms with Crippen molar-refractivity contribution in [3.63, 3.8) is 0 Å². The molecule has 1 aromatic rings. The first-order valence-electron chi connectivity index (χ1n) is 6.75. The van der Waals surface area contributed by atoms with E-state index in [-0.39, 0.29) is 18.4 Å². The Morgan fingerprint density at radius 1 is 1.42 bits per heavy atom. The number of aliphatic carboxylic acids is 1. The Bertz CT molecular complexity index is 467. The van der Waals surface area contributed by atoms with Gasteiger partial charge in [0.15, 0.2) is 0 Å². The number of aryl methyl sites for hydroxylation is 1. The number of rotatable bonds is 4. The fourth-order valence-electron chi connectivity index (χ4n) is 2.68. The highest BCUT2D eigenvalue weighted by molar-refractivity contribution is 5.95. The lowest BCUT2D eigenvalue weighted by Gasteiger charge is -2.35. The minimum absolute atomic E-state index is 0.0221. The van der Waals surface area contributed by atoms with Gasteiger partial charge in [0.1, 0.15) is 0 Å². The lowest BCUT2D eigenvalue weighted by molar-refractivity contribution is -0.137. The largest absolute Gasteiger partial charge is 0.481 e. The van der Waals surface area contributed by atoms with Gasteiger partial charge in [-0.15, -0.1) is 0 Å². The van der Waals surface area contributed by atoms with E-state index in [9.17, 15) is 9.59 Å². The minimum atomic E-state index is -0.796. The maximum atomic E-state index is 12.5. The van der Waals surface area contributed by atoms with Crippen LogP contribution in [0.25, 0.3) is 0 Å². The summed E-state index contributed by atoms with van der Waals surface area (Å²) in [7, 11) is 0. The maximum Gasteiger partial charge on any atom is 0.303 e. The van der Waals surface area contributed by atoms with Crippen LogP contribution in [0, 0.1) is 6.92 Å². The molecule has 0 saturated carbocycles. The normalized spacial score (nSPS) is 19.4. The molecule has 0 radical (unpaired) electrons. The summed E-state index contributed by atoms with van der Waals surface area (Å²) in [6.07, 6.45) is 7.18. The first-order valence-corrected chi connectivity index (χ1v) is 6.75. The van der Waals surface area contributed by atoms with Crippen LogP contribution in [0.5, 0.6) is 0 Å². The Hall–Kier alpha value is -1.78. The Kier molecular flexibility index (Phi) is 4.24. The van der Waals surface area contributed by atoms with Gasteiger partial charge in [0.2, 0.25) is 0 Å². The second kappa shape index (κ2) is 5.91. The zero-order valence-electron chi connectivity index (χ0n) is 11.2. The van der Waals surface area contributed by atoms with Crippen molar-refractivity contribution in [2.75, 3.05) is 6.54 Å². The van der Waals surface area contributed by atoms with Crippen LogP contribution in [0.3, 0.4) is 0 Å². The van der Waals surface area contributed by atoms with Crippen molar-refractivity contribution < 1.29 is 14.7 Å². The zero-order valence-corrected chi connectivity index (χ0v) is 11.2. The van der Waals surface area contributed by atoms with Crippen LogP contribution in [0.2, 0.25) is 0 Å². The molecule has 2 N–H and O–H groups in total. The predicted octanol–water partition coefficient (Wildman–Crippen LogP) is 2.18. The molecule has 5 nitrogen and oxygen atoms in total. The van der Waals surface area contributed by atoms with Gasteiger partial charge in [-0.3, -0.25) is 9.59 Å². The van der Waals surface area contributed by atoms with Crippen molar-refractivity contribution in [2.45, 2.75) is 45.1 Å². The van der Waals surface area contributed by atoms with Gasteiger partial charge in [-0.05, 0) is 38.2 Å². The van der Waals surface area contributed by atoms with Crippen LogP contribution in [0.1, 0.15) is 48.0 Å². The molecule has 1 unspecified atom stereocenters. The van der Waals surface area contributed by atoms with E-state index < -0.39 is 5.97 Å². The molecule has 0 bridgehead atoms. The first kappa shape index (κ1) is 13.6. The second-order valence-electron chi connectivity index (χ2n) is 5.13. The zero-order chi connectivity index (χ0) is 13.8. The average molecular weight is 264 g/mol. The molecule has 1 aromatic heterocycles. The highest BCUT2D eigenvalue weighted by Gasteiger charge is 2.28. The lowest BCUT2D eigenvalue weighted by atomic mass is 9.97. The number of amides is 1. The van der Waals surface area contributed by atoms with Crippen molar-refractivity contribution in [3.8, 4) is 0 Å². The third-order valence-electron chi connectivity index (χ3n) is 3.76. The number of carbonyl (C=O) groups is 2. The van der Waals surface area contributed by atoms with Gasteiger partial charge in [-0.25, -0.2) is 0 Å². The summed E-state index contributed by atoms with van der Waals surface area (Å²) in [5.41, 5.74) is 1.63. The number of H-pyrrole nitrogens is 1. The van der Waals surface area contributed by atoms with Gasteiger partial charge in [0.25, 0.3) is 5.91 Å². The average Bonchev–Trinajstić information content (AvgIpc) is 2.82. The molecule has 1 amide bonds. The van der Waals surface area contributed by atoms with E-state index in [4.69, 9.17) is 5.11 Å². The molecule has 1 fully saturated rings. The molecular weight excluding hydrogens is 244 g/mol. The number of aromatic amines is 1. The summed E-state index contributed by atoms with van der Waals surface area (Å²) in [5.74, 6) is -0.773. The molecule has 2 rings (SSSR count). The summed E-state index contributed by atoms with van der Waals surface area (Å²) in [6, 6.07) is 0.0617. The summed E-state index contributed by atoms with van der Waals surface area (Å²) in [5, 5.41) is 8.79. The van der Waals surface area contributed by atoms with E-state index in [1.54, 1.807) is 6.20 Å². The van der Waals surface area contributed by atoms with Crippen LogP contribution in [-0.4, -0.2) is 39.5 Å². The van der Waals surface area contributed by atoms with Gasteiger partial charge >= 0.3 is 5.97 Å². The van der Waals surface area contributed by atoms with E-state index in [0.29, 0.717) is 12.0 Å². The van der Waals surface area contributed by atoms with Crippen LogP contribution >= 0.6 is 0 Å². The summed E-state index contributed by atoms with van der Waals surface area (Å²) in [4.78, 5) is 28.0. The topological polar surface area (TPSA) is 73.4 Å². The number of piperidine rings is 1. The van der Waals surface area contributed by atoms with Gasteiger partial charge in [0, 0.05) is 31.4 Å². The van der Waals surface area contributed by atoms with Crippen molar-refractivity contribution >= 4 is 11.9 Å². The number of carboxylic acid groups (broad SMARTS) is 1. The van der Waals surface area contributed by atoms with Crippen LogP contribution in [0.4, 0.5) is 0 Å². The third kappa shape index (κ3) is 3.16. The monoisotopic (exact) mass is 264 g/mol. The number of carbonyl (C=O) groups excluding carboxylic acids is 1. The number of hydrogen-bond donors (Lipinski definition) is 2. The Morgan fingerprint density at radius 2 is 2.21 bits per heavy atom. The fourth-order valence-corrected chi connectivity index (χ4v) is 2.68. The molecule has 0 aliphatic carbocycles. The van der Waals surface area contributed by atoms with E-state index in [1.807, 2.05) is 18.0 Å². The van der Waals surface area contributed by atoms with Gasteiger partial charge < -0.3 is 15.0 Å². The predicted molar refractivity (Wildman–Crippen MR) is 71.1 cm³/mol.